The van der Waals surface area contributed by atoms with E-state index < -0.39 is 11.2 Å². The first-order valence-electron chi connectivity index (χ1n) is 4.85. The van der Waals surface area contributed by atoms with Gasteiger partial charge in [-0.15, -0.1) is 10.1 Å². The van der Waals surface area contributed by atoms with Crippen LogP contribution in [0, 0.1) is 10.1 Å². The highest BCUT2D eigenvalue weighted by Crippen LogP contribution is 2.26. The molecule has 1 rings (SSSR count). The van der Waals surface area contributed by atoms with Crippen molar-refractivity contribution < 1.29 is 14.7 Å². The zero-order chi connectivity index (χ0) is 13.0. The smallest absolute Gasteiger partial charge is 0.295 e. The molecule has 0 spiro atoms. The third-order valence-corrected chi connectivity index (χ3v) is 2.98. The fraction of sp³-hybridized carbons (Fsp3) is 0.444. The van der Waals surface area contributed by atoms with Gasteiger partial charge < -0.3 is 10.2 Å². The van der Waals surface area contributed by atoms with Crippen molar-refractivity contribution in [1.29, 1.82) is 0 Å². The second kappa shape index (κ2) is 6.15. The maximum Gasteiger partial charge on any atom is 0.295 e. The van der Waals surface area contributed by atoms with Crippen LogP contribution in [-0.2, 0) is 9.63 Å². The highest BCUT2D eigenvalue weighted by Gasteiger charge is 2.29. The van der Waals surface area contributed by atoms with Crippen LogP contribution in [0.4, 0.5) is 0 Å². The van der Waals surface area contributed by atoms with Gasteiger partial charge >= 0.3 is 0 Å². The summed E-state index contributed by atoms with van der Waals surface area (Å²) in [5.41, 5.74) is 0.785. The molecule has 0 fully saturated rings. The predicted molar refractivity (Wildman–Crippen MR) is 67.9 cm³/mol. The van der Waals surface area contributed by atoms with Crippen LogP contribution in [0.1, 0.15) is 19.8 Å². The molecule has 1 aliphatic rings. The number of nitrogens with one attached hydrogen (secondary N) is 1. The zero-order valence-electron chi connectivity index (χ0n) is 8.91. The van der Waals surface area contributed by atoms with E-state index in [1.807, 2.05) is 6.92 Å². The first-order valence-corrected chi connectivity index (χ1v) is 6.43. The van der Waals surface area contributed by atoms with Crippen LogP contribution in [-0.4, -0.2) is 17.1 Å². The Balaban J connectivity index is 2.94. The van der Waals surface area contributed by atoms with E-state index in [-0.39, 0.29) is 11.5 Å². The van der Waals surface area contributed by atoms with E-state index >= 15 is 0 Å². The molecular weight excluding hydrogens is 360 g/mol. The van der Waals surface area contributed by atoms with E-state index in [0.717, 1.165) is 0 Å². The van der Waals surface area contributed by atoms with Gasteiger partial charge in [0.1, 0.15) is 6.10 Å². The van der Waals surface area contributed by atoms with E-state index in [1.165, 1.54) is 6.08 Å². The fourth-order valence-electron chi connectivity index (χ4n) is 1.42. The van der Waals surface area contributed by atoms with E-state index in [0.29, 0.717) is 21.9 Å². The average molecular weight is 370 g/mol. The Morgan fingerprint density at radius 2 is 2.29 bits per heavy atom. The van der Waals surface area contributed by atoms with Crippen molar-refractivity contribution in [2.24, 2.45) is 0 Å². The Bertz CT molecular complexity index is 402. The molecule has 1 aliphatic heterocycles. The van der Waals surface area contributed by atoms with E-state index in [2.05, 4.69) is 42.0 Å². The third-order valence-electron chi connectivity index (χ3n) is 2.12. The Labute approximate surface area is 114 Å². The van der Waals surface area contributed by atoms with Gasteiger partial charge in [-0.25, -0.2) is 0 Å². The van der Waals surface area contributed by atoms with Crippen LogP contribution < -0.4 is 5.32 Å². The molecule has 1 heterocycles. The Hall–Kier alpha value is -0.890. The molecule has 0 aromatic rings. The van der Waals surface area contributed by atoms with Gasteiger partial charge in [0.05, 0.1) is 9.09 Å². The summed E-state index contributed by atoms with van der Waals surface area (Å²) in [7, 11) is 0. The minimum absolute atomic E-state index is 0.259. The quantitative estimate of drug-likeness (QED) is 0.595. The number of carbonyl (C=O) groups excluding carboxylic acids is 1. The number of halogens is 2. The van der Waals surface area contributed by atoms with Crippen molar-refractivity contribution >= 4 is 37.8 Å². The molecule has 0 radical (unpaired) electrons. The fourth-order valence-corrected chi connectivity index (χ4v) is 1.85. The van der Waals surface area contributed by atoms with Crippen molar-refractivity contribution in [3.63, 3.8) is 0 Å². The number of hydrogen-bond donors (Lipinski definition) is 1. The molecule has 0 aliphatic carbocycles. The van der Waals surface area contributed by atoms with Crippen molar-refractivity contribution in [3.8, 4) is 0 Å². The van der Waals surface area contributed by atoms with Gasteiger partial charge in [0.15, 0.2) is 0 Å². The lowest BCUT2D eigenvalue weighted by atomic mass is 10.1. The molecule has 0 bridgehead atoms. The van der Waals surface area contributed by atoms with Gasteiger partial charge in [0.2, 0.25) is 0 Å². The molecule has 0 aromatic carbocycles. The molecule has 6 nitrogen and oxygen atoms in total. The highest BCUT2D eigenvalue weighted by molar-refractivity contribution is 9.28. The first-order chi connectivity index (χ1) is 7.95. The van der Waals surface area contributed by atoms with Crippen LogP contribution in [0.15, 0.2) is 20.7 Å². The van der Waals surface area contributed by atoms with Crippen molar-refractivity contribution in [2.45, 2.75) is 25.9 Å². The molecule has 8 heteroatoms. The Morgan fingerprint density at radius 1 is 1.65 bits per heavy atom. The largest absolute Gasteiger partial charge is 0.321 e. The maximum absolute atomic E-state index is 11.6. The summed E-state index contributed by atoms with van der Waals surface area (Å²) >= 11 is 6.31. The van der Waals surface area contributed by atoms with E-state index in [9.17, 15) is 14.9 Å². The topological polar surface area (TPSA) is 81.5 Å². The minimum atomic E-state index is -0.876. The highest BCUT2D eigenvalue weighted by atomic mass is 79.9. The summed E-state index contributed by atoms with van der Waals surface area (Å²) in [6, 6.07) is 0. The summed E-state index contributed by atoms with van der Waals surface area (Å²) in [5.74, 6) is -0.378. The summed E-state index contributed by atoms with van der Waals surface area (Å²) in [6.45, 7) is 1.86. The second-order valence-corrected chi connectivity index (χ2v) is 5.98. The molecule has 1 amide bonds. The van der Waals surface area contributed by atoms with E-state index in [4.69, 9.17) is 0 Å². The first kappa shape index (κ1) is 14.2. The van der Waals surface area contributed by atoms with Crippen LogP contribution in [0.3, 0.4) is 0 Å². The predicted octanol–water partition coefficient (Wildman–Crippen LogP) is 2.38. The molecule has 17 heavy (non-hydrogen) atoms. The minimum Gasteiger partial charge on any atom is -0.321 e. The molecule has 1 unspecified atom stereocenters. The Kier molecular flexibility index (Phi) is 5.13. The summed E-state index contributed by atoms with van der Waals surface area (Å²) < 4.78 is 0.574. The lowest BCUT2D eigenvalue weighted by molar-refractivity contribution is -0.766. The molecule has 0 saturated carbocycles. The van der Waals surface area contributed by atoms with Gasteiger partial charge in [-0.3, -0.25) is 4.79 Å². The standard InChI is InChI=1S/C9H10Br2N2O4/c1-2-3-7(17-13(15)16)5-4-6(8(10)11)12-9(5)14/h4,7H,2-3H2,1H3,(H,12,14). The number of rotatable bonds is 5. The van der Waals surface area contributed by atoms with Gasteiger partial charge in [-0.05, 0) is 44.4 Å². The van der Waals surface area contributed by atoms with Gasteiger partial charge in [0, 0.05) is 5.57 Å². The summed E-state index contributed by atoms with van der Waals surface area (Å²) in [6.07, 6.45) is 1.79. The van der Waals surface area contributed by atoms with Crippen molar-refractivity contribution in [1.82, 2.24) is 5.32 Å². The van der Waals surface area contributed by atoms with Crippen LogP contribution in [0.2, 0.25) is 0 Å². The monoisotopic (exact) mass is 368 g/mol. The number of carbonyl (C=O) groups is 1. The SMILES string of the molecule is CCCC(O[N+](=O)[O-])C1=CC(=C(Br)Br)NC1=O. The number of allylic oxidation sites excluding steroid dienone is 1. The van der Waals surface area contributed by atoms with Crippen LogP contribution >= 0.6 is 31.9 Å². The van der Waals surface area contributed by atoms with Gasteiger partial charge in [0.25, 0.3) is 11.0 Å². The van der Waals surface area contributed by atoms with Crippen molar-refractivity contribution in [2.75, 3.05) is 0 Å². The average Bonchev–Trinajstić information content (AvgIpc) is 2.59. The van der Waals surface area contributed by atoms with Crippen LogP contribution in [0.5, 0.6) is 0 Å². The van der Waals surface area contributed by atoms with Gasteiger partial charge in [-0.1, -0.05) is 13.3 Å². The maximum atomic E-state index is 11.6. The second-order valence-electron chi connectivity index (χ2n) is 3.33. The molecule has 0 aromatic heterocycles. The Morgan fingerprint density at radius 3 is 2.71 bits per heavy atom. The number of amides is 1. The summed E-state index contributed by atoms with van der Waals surface area (Å²) in [5, 5.41) is 12.0. The molecule has 1 atom stereocenters. The van der Waals surface area contributed by atoms with Crippen molar-refractivity contribution in [3.05, 3.63) is 30.9 Å². The zero-order valence-corrected chi connectivity index (χ0v) is 12.1. The third kappa shape index (κ3) is 3.81. The number of hydrogen-bond acceptors (Lipinski definition) is 4. The normalized spacial score (nSPS) is 16.3. The van der Waals surface area contributed by atoms with Gasteiger partial charge in [-0.2, -0.15) is 0 Å². The summed E-state index contributed by atoms with van der Waals surface area (Å²) in [4.78, 5) is 26.5. The molecule has 0 saturated heterocycles. The number of nitrogens with zero attached hydrogens (tertiary/aromatic N) is 1. The lowest BCUT2D eigenvalue weighted by Crippen LogP contribution is -2.27. The van der Waals surface area contributed by atoms with Crippen LogP contribution in [0.25, 0.3) is 0 Å². The molecule has 94 valence electrons. The lowest BCUT2D eigenvalue weighted by Gasteiger charge is -2.13. The molecule has 1 N–H and O–H groups in total. The molecular formula is C9H10Br2N2O4. The van der Waals surface area contributed by atoms with E-state index in [1.54, 1.807) is 0 Å².